The van der Waals surface area contributed by atoms with Gasteiger partial charge in [0.05, 0.1) is 11.8 Å². The number of aromatic amines is 1. The molecule has 25 heavy (non-hydrogen) atoms. The summed E-state index contributed by atoms with van der Waals surface area (Å²) in [4.78, 5) is 28.8. The summed E-state index contributed by atoms with van der Waals surface area (Å²) >= 11 is 0. The normalized spacial score (nSPS) is 15.1. The molecule has 132 valence electrons. The molecule has 0 radical (unpaired) electrons. The van der Waals surface area contributed by atoms with Crippen molar-refractivity contribution in [3.63, 3.8) is 0 Å². The second-order valence-corrected chi connectivity index (χ2v) is 6.42. The molecule has 1 fully saturated rings. The average Bonchev–Trinajstić information content (AvgIpc) is 2.92. The number of H-pyrrole nitrogens is 1. The van der Waals surface area contributed by atoms with E-state index >= 15 is 0 Å². The van der Waals surface area contributed by atoms with Crippen LogP contribution in [0, 0.1) is 6.92 Å². The second-order valence-electron chi connectivity index (χ2n) is 6.42. The van der Waals surface area contributed by atoms with Crippen LogP contribution in [-0.4, -0.2) is 58.0 Å². The summed E-state index contributed by atoms with van der Waals surface area (Å²) in [6.45, 7) is 4.39. The van der Waals surface area contributed by atoms with Crippen LogP contribution < -0.4 is 0 Å². The van der Waals surface area contributed by atoms with Crippen LogP contribution in [0.25, 0.3) is 0 Å². The van der Waals surface area contributed by atoms with Gasteiger partial charge in [-0.1, -0.05) is 30.3 Å². The monoisotopic (exact) mass is 340 g/mol. The molecule has 2 amide bonds. The van der Waals surface area contributed by atoms with E-state index in [4.69, 9.17) is 0 Å². The number of nitrogens with one attached hydrogen (secondary N) is 1. The van der Waals surface area contributed by atoms with Gasteiger partial charge in [0.1, 0.15) is 0 Å². The van der Waals surface area contributed by atoms with Gasteiger partial charge in [0.2, 0.25) is 5.91 Å². The van der Waals surface area contributed by atoms with E-state index in [2.05, 4.69) is 10.2 Å². The lowest BCUT2D eigenvalue weighted by molar-refractivity contribution is -0.131. The molecule has 0 aliphatic carbocycles. The minimum atomic E-state index is -0.00941. The molecule has 0 bridgehead atoms. The van der Waals surface area contributed by atoms with Crippen LogP contribution in [0.4, 0.5) is 0 Å². The highest BCUT2D eigenvalue weighted by Crippen LogP contribution is 2.12. The van der Waals surface area contributed by atoms with E-state index in [0.717, 1.165) is 18.5 Å². The zero-order valence-electron chi connectivity index (χ0n) is 14.6. The highest BCUT2D eigenvalue weighted by Gasteiger charge is 2.24. The zero-order chi connectivity index (χ0) is 17.6. The minimum absolute atomic E-state index is 0.00941. The first kappa shape index (κ1) is 17.2. The first-order valence-corrected chi connectivity index (χ1v) is 8.76. The highest BCUT2D eigenvalue weighted by molar-refractivity contribution is 5.95. The Morgan fingerprint density at radius 1 is 1.08 bits per heavy atom. The second kappa shape index (κ2) is 7.96. The number of aromatic nitrogens is 2. The van der Waals surface area contributed by atoms with Crippen molar-refractivity contribution in [2.24, 2.45) is 0 Å². The SMILES string of the molecule is Cc1[nH]ncc1C(=O)N1CCCN(C(=O)CCc2ccccc2)CC1. The average molecular weight is 340 g/mol. The van der Waals surface area contributed by atoms with Gasteiger partial charge in [-0.05, 0) is 25.3 Å². The number of nitrogens with zero attached hydrogens (tertiary/aromatic N) is 3. The first-order chi connectivity index (χ1) is 12.1. The maximum atomic E-state index is 12.6. The lowest BCUT2D eigenvalue weighted by Gasteiger charge is -2.22. The van der Waals surface area contributed by atoms with Crippen LogP contribution in [0.5, 0.6) is 0 Å². The first-order valence-electron chi connectivity index (χ1n) is 8.76. The van der Waals surface area contributed by atoms with Crippen LogP contribution in [0.1, 0.15) is 34.5 Å². The van der Waals surface area contributed by atoms with Crippen molar-refractivity contribution < 1.29 is 9.59 Å². The maximum Gasteiger partial charge on any atom is 0.257 e. The third-order valence-electron chi connectivity index (χ3n) is 4.67. The lowest BCUT2D eigenvalue weighted by Crippen LogP contribution is -2.37. The molecule has 1 aromatic heterocycles. The molecule has 6 nitrogen and oxygen atoms in total. The Bertz CT molecular complexity index is 726. The van der Waals surface area contributed by atoms with Gasteiger partial charge < -0.3 is 9.80 Å². The Hall–Kier alpha value is -2.63. The van der Waals surface area contributed by atoms with Gasteiger partial charge >= 0.3 is 0 Å². The highest BCUT2D eigenvalue weighted by atomic mass is 16.2. The van der Waals surface area contributed by atoms with Crippen molar-refractivity contribution in [3.05, 3.63) is 53.3 Å². The number of carbonyl (C=O) groups excluding carboxylic acids is 2. The van der Waals surface area contributed by atoms with Gasteiger partial charge in [-0.2, -0.15) is 5.10 Å². The molecular formula is C19H24N4O2. The molecule has 1 aliphatic rings. The maximum absolute atomic E-state index is 12.6. The van der Waals surface area contributed by atoms with Crippen LogP contribution in [-0.2, 0) is 11.2 Å². The van der Waals surface area contributed by atoms with E-state index in [1.807, 2.05) is 47.1 Å². The van der Waals surface area contributed by atoms with Gasteiger partial charge in [-0.15, -0.1) is 0 Å². The Morgan fingerprint density at radius 3 is 2.52 bits per heavy atom. The molecule has 1 aliphatic heterocycles. The molecule has 2 aromatic rings. The van der Waals surface area contributed by atoms with E-state index in [-0.39, 0.29) is 11.8 Å². The molecular weight excluding hydrogens is 316 g/mol. The third-order valence-corrected chi connectivity index (χ3v) is 4.67. The van der Waals surface area contributed by atoms with Crippen LogP contribution in [0.3, 0.4) is 0 Å². The van der Waals surface area contributed by atoms with Crippen molar-refractivity contribution in [2.75, 3.05) is 26.2 Å². The molecule has 0 atom stereocenters. The molecule has 0 unspecified atom stereocenters. The lowest BCUT2D eigenvalue weighted by atomic mass is 10.1. The number of hydrogen-bond donors (Lipinski definition) is 1. The number of amides is 2. The van der Waals surface area contributed by atoms with Crippen LogP contribution in [0.15, 0.2) is 36.5 Å². The van der Waals surface area contributed by atoms with Crippen molar-refractivity contribution in [1.29, 1.82) is 0 Å². The van der Waals surface area contributed by atoms with E-state index in [9.17, 15) is 9.59 Å². The van der Waals surface area contributed by atoms with Gasteiger partial charge in [0.15, 0.2) is 0 Å². The summed E-state index contributed by atoms with van der Waals surface area (Å²) in [7, 11) is 0. The molecule has 6 heteroatoms. The summed E-state index contributed by atoms with van der Waals surface area (Å²) in [6.07, 6.45) is 3.65. The Kier molecular flexibility index (Phi) is 5.48. The predicted molar refractivity (Wildman–Crippen MR) is 95.2 cm³/mol. The Balaban J connectivity index is 1.53. The fourth-order valence-electron chi connectivity index (χ4n) is 3.16. The Labute approximate surface area is 147 Å². The summed E-state index contributed by atoms with van der Waals surface area (Å²) < 4.78 is 0. The van der Waals surface area contributed by atoms with Crippen molar-refractivity contribution in [1.82, 2.24) is 20.0 Å². The largest absolute Gasteiger partial charge is 0.341 e. The fraction of sp³-hybridized carbons (Fsp3) is 0.421. The van der Waals surface area contributed by atoms with Crippen LogP contribution >= 0.6 is 0 Å². The molecule has 1 saturated heterocycles. The predicted octanol–water partition coefficient (Wildman–Crippen LogP) is 2.03. The number of hydrogen-bond acceptors (Lipinski definition) is 3. The number of benzene rings is 1. The Morgan fingerprint density at radius 2 is 1.80 bits per heavy atom. The minimum Gasteiger partial charge on any atom is -0.341 e. The summed E-state index contributed by atoms with van der Waals surface area (Å²) in [6, 6.07) is 10.1. The van der Waals surface area contributed by atoms with Gasteiger partial charge in [0, 0.05) is 38.3 Å². The smallest absolute Gasteiger partial charge is 0.257 e. The van der Waals surface area contributed by atoms with Gasteiger partial charge in [0.25, 0.3) is 5.91 Å². The number of carbonyl (C=O) groups is 2. The topological polar surface area (TPSA) is 69.3 Å². The van der Waals surface area contributed by atoms with E-state index in [0.29, 0.717) is 38.2 Å². The summed E-state index contributed by atoms with van der Waals surface area (Å²) in [5.74, 6) is 0.155. The third kappa shape index (κ3) is 4.26. The van der Waals surface area contributed by atoms with Crippen LogP contribution in [0.2, 0.25) is 0 Å². The number of rotatable bonds is 4. The fourth-order valence-corrected chi connectivity index (χ4v) is 3.16. The quantitative estimate of drug-likeness (QED) is 0.926. The molecule has 0 spiro atoms. The molecule has 1 aromatic carbocycles. The van der Waals surface area contributed by atoms with Crippen molar-refractivity contribution in [2.45, 2.75) is 26.2 Å². The summed E-state index contributed by atoms with van der Waals surface area (Å²) in [5, 5.41) is 6.72. The molecule has 2 heterocycles. The van der Waals surface area contributed by atoms with Crippen molar-refractivity contribution in [3.8, 4) is 0 Å². The molecule has 0 saturated carbocycles. The van der Waals surface area contributed by atoms with E-state index in [1.54, 1.807) is 6.20 Å². The molecule has 1 N–H and O–H groups in total. The van der Waals surface area contributed by atoms with Crippen molar-refractivity contribution >= 4 is 11.8 Å². The van der Waals surface area contributed by atoms with E-state index in [1.165, 1.54) is 5.56 Å². The zero-order valence-corrected chi connectivity index (χ0v) is 14.6. The number of aryl methyl sites for hydroxylation is 2. The van der Waals surface area contributed by atoms with Gasteiger partial charge in [-0.3, -0.25) is 14.7 Å². The molecule has 3 rings (SSSR count). The summed E-state index contributed by atoms with van der Waals surface area (Å²) in [5.41, 5.74) is 2.58. The van der Waals surface area contributed by atoms with Gasteiger partial charge in [-0.25, -0.2) is 0 Å². The van der Waals surface area contributed by atoms with E-state index < -0.39 is 0 Å². The standard InChI is InChI=1S/C19H24N4O2/c1-15-17(14-20-21-15)19(25)23-11-5-10-22(12-13-23)18(24)9-8-16-6-3-2-4-7-16/h2-4,6-7,14H,5,8-13H2,1H3,(H,20,21).